The predicted octanol–water partition coefficient (Wildman–Crippen LogP) is 0.721. The molecule has 0 aliphatic heterocycles. The van der Waals surface area contributed by atoms with E-state index in [0.29, 0.717) is 19.0 Å². The molecule has 2 aromatic rings. The van der Waals surface area contributed by atoms with Gasteiger partial charge >= 0.3 is 6.03 Å². The number of nitrogens with zero attached hydrogens (tertiary/aromatic N) is 4. The van der Waals surface area contributed by atoms with E-state index in [2.05, 4.69) is 20.7 Å². The Kier molecular flexibility index (Phi) is 3.84. The molecule has 0 atom stereocenters. The standard InChI is InChI=1S/C12H18N6O/c1-9-5-4-6-10-15-11(16-18(9)10)13-7-8-14-12(19)17(2)3/h4-6H,7-8H2,1-3H3,(H,13,16)(H,14,19). The van der Waals surface area contributed by atoms with Crippen LogP contribution in [0.4, 0.5) is 10.7 Å². The van der Waals surface area contributed by atoms with Crippen LogP contribution in [-0.2, 0) is 0 Å². The van der Waals surface area contributed by atoms with E-state index in [4.69, 9.17) is 0 Å². The van der Waals surface area contributed by atoms with E-state index in [1.54, 1.807) is 18.6 Å². The van der Waals surface area contributed by atoms with E-state index in [-0.39, 0.29) is 6.03 Å². The number of aromatic nitrogens is 3. The minimum absolute atomic E-state index is 0.111. The Morgan fingerprint density at radius 3 is 2.84 bits per heavy atom. The molecule has 0 aromatic carbocycles. The predicted molar refractivity (Wildman–Crippen MR) is 73.3 cm³/mol. The highest BCUT2D eigenvalue weighted by Crippen LogP contribution is 2.07. The highest BCUT2D eigenvalue weighted by Gasteiger charge is 2.05. The molecular formula is C12H18N6O. The van der Waals surface area contributed by atoms with Crippen LogP contribution >= 0.6 is 0 Å². The molecule has 7 nitrogen and oxygen atoms in total. The molecule has 0 bridgehead atoms. The van der Waals surface area contributed by atoms with Gasteiger partial charge in [-0.25, -0.2) is 9.31 Å². The Morgan fingerprint density at radius 2 is 2.16 bits per heavy atom. The second-order valence-corrected chi connectivity index (χ2v) is 4.43. The van der Waals surface area contributed by atoms with Crippen LogP contribution in [0.25, 0.3) is 5.65 Å². The van der Waals surface area contributed by atoms with E-state index >= 15 is 0 Å². The first kappa shape index (κ1) is 13.1. The topological polar surface area (TPSA) is 74.6 Å². The van der Waals surface area contributed by atoms with E-state index < -0.39 is 0 Å². The van der Waals surface area contributed by atoms with Gasteiger partial charge in [0.05, 0.1) is 0 Å². The highest BCUT2D eigenvalue weighted by molar-refractivity contribution is 5.73. The molecule has 7 heteroatoms. The summed E-state index contributed by atoms with van der Waals surface area (Å²) in [5, 5.41) is 10.2. The molecule has 102 valence electrons. The Bertz CT molecular complexity index is 577. The van der Waals surface area contributed by atoms with Crippen LogP contribution < -0.4 is 10.6 Å². The van der Waals surface area contributed by atoms with E-state index in [9.17, 15) is 4.79 Å². The number of aryl methyl sites for hydroxylation is 1. The minimum Gasteiger partial charge on any atom is -0.351 e. The van der Waals surface area contributed by atoms with Crippen molar-refractivity contribution in [3.63, 3.8) is 0 Å². The minimum atomic E-state index is -0.111. The number of urea groups is 1. The summed E-state index contributed by atoms with van der Waals surface area (Å²) in [6.45, 7) is 3.07. The lowest BCUT2D eigenvalue weighted by molar-refractivity contribution is 0.218. The monoisotopic (exact) mass is 262 g/mol. The summed E-state index contributed by atoms with van der Waals surface area (Å²) >= 11 is 0. The van der Waals surface area contributed by atoms with Gasteiger partial charge in [0.25, 0.3) is 0 Å². The second kappa shape index (κ2) is 5.55. The molecule has 0 unspecified atom stereocenters. The molecular weight excluding hydrogens is 244 g/mol. The number of carbonyl (C=O) groups excluding carboxylic acids is 1. The zero-order valence-corrected chi connectivity index (χ0v) is 11.3. The van der Waals surface area contributed by atoms with Gasteiger partial charge < -0.3 is 15.5 Å². The first-order valence-electron chi connectivity index (χ1n) is 6.09. The molecule has 2 heterocycles. The summed E-state index contributed by atoms with van der Waals surface area (Å²) in [4.78, 5) is 17.1. The number of amides is 2. The summed E-state index contributed by atoms with van der Waals surface area (Å²) in [6.07, 6.45) is 0. The van der Waals surface area contributed by atoms with Crippen LogP contribution in [0.2, 0.25) is 0 Å². The summed E-state index contributed by atoms with van der Waals surface area (Å²) in [5.41, 5.74) is 1.83. The molecule has 0 spiro atoms. The molecule has 0 aliphatic carbocycles. The maximum Gasteiger partial charge on any atom is 0.316 e. The SMILES string of the molecule is Cc1cccc2nc(NCCNC(=O)N(C)C)nn12. The van der Waals surface area contributed by atoms with Crippen molar-refractivity contribution < 1.29 is 4.79 Å². The fourth-order valence-corrected chi connectivity index (χ4v) is 1.61. The van der Waals surface area contributed by atoms with Crippen molar-refractivity contribution in [1.29, 1.82) is 0 Å². The van der Waals surface area contributed by atoms with Gasteiger partial charge in [-0.3, -0.25) is 0 Å². The van der Waals surface area contributed by atoms with Crippen molar-refractivity contribution in [2.75, 3.05) is 32.5 Å². The maximum atomic E-state index is 11.3. The van der Waals surface area contributed by atoms with Crippen molar-refractivity contribution >= 4 is 17.6 Å². The van der Waals surface area contributed by atoms with Crippen molar-refractivity contribution in [3.8, 4) is 0 Å². The van der Waals surface area contributed by atoms with Gasteiger partial charge in [0.15, 0.2) is 5.65 Å². The lowest BCUT2D eigenvalue weighted by atomic mass is 10.4. The molecule has 19 heavy (non-hydrogen) atoms. The largest absolute Gasteiger partial charge is 0.351 e. The molecule has 2 N–H and O–H groups in total. The third-order valence-electron chi connectivity index (χ3n) is 2.64. The molecule has 0 aliphatic rings. The first-order chi connectivity index (χ1) is 9.08. The van der Waals surface area contributed by atoms with Crippen LogP contribution in [0.15, 0.2) is 18.2 Å². The molecule has 2 amide bonds. The van der Waals surface area contributed by atoms with E-state index in [1.165, 1.54) is 4.90 Å². The van der Waals surface area contributed by atoms with Gasteiger partial charge in [-0.05, 0) is 19.1 Å². The Hall–Kier alpha value is -2.31. The zero-order valence-electron chi connectivity index (χ0n) is 11.3. The van der Waals surface area contributed by atoms with Crippen molar-refractivity contribution in [1.82, 2.24) is 24.8 Å². The maximum absolute atomic E-state index is 11.3. The number of pyridine rings is 1. The van der Waals surface area contributed by atoms with Crippen LogP contribution in [-0.4, -0.2) is 52.7 Å². The smallest absolute Gasteiger partial charge is 0.316 e. The van der Waals surface area contributed by atoms with Crippen LogP contribution in [0.5, 0.6) is 0 Å². The van der Waals surface area contributed by atoms with Crippen LogP contribution in [0.3, 0.4) is 0 Å². The molecule has 0 fully saturated rings. The Labute approximate surface area is 111 Å². The molecule has 0 saturated heterocycles. The number of anilines is 1. The van der Waals surface area contributed by atoms with Gasteiger partial charge in [-0.15, -0.1) is 5.10 Å². The molecule has 2 rings (SSSR count). The van der Waals surface area contributed by atoms with Crippen molar-refractivity contribution in [2.24, 2.45) is 0 Å². The molecule has 2 aromatic heterocycles. The van der Waals surface area contributed by atoms with Gasteiger partial charge in [-0.1, -0.05) is 6.07 Å². The Balaban J connectivity index is 1.88. The zero-order chi connectivity index (χ0) is 13.8. The van der Waals surface area contributed by atoms with Crippen molar-refractivity contribution in [3.05, 3.63) is 23.9 Å². The fourth-order valence-electron chi connectivity index (χ4n) is 1.61. The third-order valence-corrected chi connectivity index (χ3v) is 2.64. The fraction of sp³-hybridized carbons (Fsp3) is 0.417. The normalized spacial score (nSPS) is 10.5. The number of hydrogen-bond donors (Lipinski definition) is 2. The molecule has 0 saturated carbocycles. The second-order valence-electron chi connectivity index (χ2n) is 4.43. The average molecular weight is 262 g/mol. The third kappa shape index (κ3) is 3.12. The van der Waals surface area contributed by atoms with Gasteiger partial charge in [-0.2, -0.15) is 4.98 Å². The molecule has 0 radical (unpaired) electrons. The number of carbonyl (C=O) groups is 1. The Morgan fingerprint density at radius 1 is 1.37 bits per heavy atom. The lowest BCUT2D eigenvalue weighted by Crippen LogP contribution is -2.37. The average Bonchev–Trinajstić information content (AvgIpc) is 2.78. The summed E-state index contributed by atoms with van der Waals surface area (Å²) < 4.78 is 1.78. The highest BCUT2D eigenvalue weighted by atomic mass is 16.2. The van der Waals surface area contributed by atoms with E-state index in [0.717, 1.165) is 11.3 Å². The van der Waals surface area contributed by atoms with Gasteiger partial charge in [0, 0.05) is 32.9 Å². The number of rotatable bonds is 4. The van der Waals surface area contributed by atoms with E-state index in [1.807, 2.05) is 25.1 Å². The summed E-state index contributed by atoms with van der Waals surface area (Å²) in [7, 11) is 3.41. The quantitative estimate of drug-likeness (QED) is 0.796. The van der Waals surface area contributed by atoms with Gasteiger partial charge in [0.2, 0.25) is 5.95 Å². The number of fused-ring (bicyclic) bond motifs is 1. The van der Waals surface area contributed by atoms with Gasteiger partial charge in [0.1, 0.15) is 0 Å². The summed E-state index contributed by atoms with van der Waals surface area (Å²) in [5.74, 6) is 0.563. The summed E-state index contributed by atoms with van der Waals surface area (Å²) in [6, 6.07) is 5.71. The lowest BCUT2D eigenvalue weighted by Gasteiger charge is -2.11. The van der Waals surface area contributed by atoms with Crippen LogP contribution in [0, 0.1) is 6.92 Å². The number of hydrogen-bond acceptors (Lipinski definition) is 4. The van der Waals surface area contributed by atoms with Crippen molar-refractivity contribution in [2.45, 2.75) is 6.92 Å². The number of nitrogens with one attached hydrogen (secondary N) is 2. The van der Waals surface area contributed by atoms with Crippen LogP contribution in [0.1, 0.15) is 5.69 Å². The first-order valence-corrected chi connectivity index (χ1v) is 6.09.